The highest BCUT2D eigenvalue weighted by molar-refractivity contribution is 6.11. The third-order valence-corrected chi connectivity index (χ3v) is 3.66. The molecule has 8 nitrogen and oxygen atoms in total. The Hall–Kier alpha value is -2.74. The Balaban J connectivity index is 2.54. The number of aromatic hydroxyl groups is 1. The van der Waals surface area contributed by atoms with Gasteiger partial charge in [-0.15, -0.1) is 0 Å². The van der Waals surface area contributed by atoms with Crippen LogP contribution in [-0.4, -0.2) is 56.1 Å². The summed E-state index contributed by atoms with van der Waals surface area (Å²) in [5, 5.41) is 13.2. The van der Waals surface area contributed by atoms with Crippen LogP contribution in [0, 0.1) is 6.92 Å². The van der Waals surface area contributed by atoms with E-state index < -0.39 is 11.8 Å². The number of rotatable bonds is 6. The number of carbonyl (C=O) groups excluding carboxylic acids is 2. The van der Waals surface area contributed by atoms with Crippen molar-refractivity contribution in [2.45, 2.75) is 6.92 Å². The molecule has 4 N–H and O–H groups in total. The lowest BCUT2D eigenvalue weighted by Gasteiger charge is -2.09. The minimum Gasteiger partial charge on any atom is -0.507 e. The largest absolute Gasteiger partial charge is 0.507 e. The monoisotopic (exact) mass is 335 g/mol. The number of aryl methyl sites for hydroxylation is 1. The van der Waals surface area contributed by atoms with E-state index in [0.29, 0.717) is 29.8 Å². The van der Waals surface area contributed by atoms with Gasteiger partial charge < -0.3 is 30.2 Å². The smallest absolute Gasteiger partial charge is 0.287 e. The van der Waals surface area contributed by atoms with Gasteiger partial charge >= 0.3 is 0 Å². The van der Waals surface area contributed by atoms with Gasteiger partial charge in [-0.3, -0.25) is 9.59 Å². The number of hydrogen-bond donors (Lipinski definition) is 3. The number of fused-ring (bicyclic) bond motifs is 1. The molecule has 0 aliphatic rings. The zero-order valence-corrected chi connectivity index (χ0v) is 14.1. The Kier molecular flexibility index (Phi) is 4.99. The molecular formula is C16H21N3O5. The fourth-order valence-electron chi connectivity index (χ4n) is 2.46. The molecule has 0 fully saturated rings. The Bertz CT molecular complexity index is 795. The maximum Gasteiger partial charge on any atom is 0.287 e. The van der Waals surface area contributed by atoms with Crippen molar-refractivity contribution in [1.82, 2.24) is 10.2 Å². The summed E-state index contributed by atoms with van der Waals surface area (Å²) in [7, 11) is 5.21. The lowest BCUT2D eigenvalue weighted by Crippen LogP contribution is -2.31. The van der Waals surface area contributed by atoms with E-state index in [4.69, 9.17) is 14.9 Å². The summed E-state index contributed by atoms with van der Waals surface area (Å²) in [5.74, 6) is -1.28. The van der Waals surface area contributed by atoms with Crippen LogP contribution in [0.3, 0.4) is 0 Å². The zero-order valence-electron chi connectivity index (χ0n) is 14.1. The number of phenols is 1. The molecule has 0 atom stereocenters. The van der Waals surface area contributed by atoms with Crippen molar-refractivity contribution in [1.29, 1.82) is 0 Å². The standard InChI is InChI=1S/C16H21N3O5/c1-8-11-10(23-4)7-9(20)12(15(17)21)14(11)24-13(8)16(22)18-5-6-19(2)3/h7,20H,5-6H2,1-4H3,(H2,17,21)(H,18,22). The van der Waals surface area contributed by atoms with Gasteiger partial charge in [0, 0.05) is 24.7 Å². The van der Waals surface area contributed by atoms with Gasteiger partial charge in [-0.2, -0.15) is 0 Å². The van der Waals surface area contributed by atoms with Crippen LogP contribution in [-0.2, 0) is 0 Å². The first-order valence-electron chi connectivity index (χ1n) is 7.33. The van der Waals surface area contributed by atoms with Gasteiger partial charge in [0.25, 0.3) is 11.8 Å². The average molecular weight is 335 g/mol. The molecule has 2 aromatic rings. The van der Waals surface area contributed by atoms with Crippen molar-refractivity contribution in [3.8, 4) is 11.5 Å². The Morgan fingerprint density at radius 3 is 2.62 bits per heavy atom. The highest BCUT2D eigenvalue weighted by Gasteiger charge is 2.26. The Labute approximate surface area is 139 Å². The van der Waals surface area contributed by atoms with Crippen LogP contribution in [0.1, 0.15) is 26.5 Å². The minimum atomic E-state index is -0.853. The van der Waals surface area contributed by atoms with Crippen LogP contribution in [0.4, 0.5) is 0 Å². The van der Waals surface area contributed by atoms with Crippen molar-refractivity contribution < 1.29 is 23.8 Å². The Morgan fingerprint density at radius 1 is 1.42 bits per heavy atom. The van der Waals surface area contributed by atoms with Crippen molar-refractivity contribution in [3.63, 3.8) is 0 Å². The highest BCUT2D eigenvalue weighted by atomic mass is 16.5. The molecular weight excluding hydrogens is 314 g/mol. The van der Waals surface area contributed by atoms with Crippen LogP contribution in [0.5, 0.6) is 11.5 Å². The topological polar surface area (TPSA) is 118 Å². The molecule has 0 spiro atoms. The van der Waals surface area contributed by atoms with E-state index >= 15 is 0 Å². The predicted octanol–water partition coefficient (Wildman–Crippen LogP) is 0.846. The summed E-state index contributed by atoms with van der Waals surface area (Å²) in [6.45, 7) is 2.78. The van der Waals surface area contributed by atoms with Crippen LogP contribution in [0.15, 0.2) is 10.5 Å². The molecule has 1 aromatic heterocycles. The van der Waals surface area contributed by atoms with Crippen LogP contribution in [0.2, 0.25) is 0 Å². The molecule has 2 rings (SSSR count). The molecule has 0 aliphatic heterocycles. The van der Waals surface area contributed by atoms with Gasteiger partial charge in [0.2, 0.25) is 0 Å². The average Bonchev–Trinajstić information content (AvgIpc) is 2.83. The maximum absolute atomic E-state index is 12.3. The van der Waals surface area contributed by atoms with E-state index in [1.165, 1.54) is 13.2 Å². The molecule has 0 radical (unpaired) electrons. The second-order valence-electron chi connectivity index (χ2n) is 5.66. The van der Waals surface area contributed by atoms with Gasteiger partial charge in [-0.05, 0) is 21.0 Å². The summed E-state index contributed by atoms with van der Waals surface area (Å²) in [6.07, 6.45) is 0. The lowest BCUT2D eigenvalue weighted by atomic mass is 10.1. The fourth-order valence-corrected chi connectivity index (χ4v) is 2.46. The zero-order chi connectivity index (χ0) is 18.0. The van der Waals surface area contributed by atoms with E-state index in [2.05, 4.69) is 5.32 Å². The molecule has 2 amide bonds. The van der Waals surface area contributed by atoms with Crippen LogP contribution in [0.25, 0.3) is 11.0 Å². The molecule has 0 aliphatic carbocycles. The number of hydrogen-bond acceptors (Lipinski definition) is 6. The number of likely N-dealkylation sites (N-methyl/N-ethyl adjacent to an activating group) is 1. The first-order valence-corrected chi connectivity index (χ1v) is 7.33. The first kappa shape index (κ1) is 17.6. The van der Waals surface area contributed by atoms with Crippen molar-refractivity contribution in [3.05, 3.63) is 23.0 Å². The van der Waals surface area contributed by atoms with Crippen LogP contribution >= 0.6 is 0 Å². The molecule has 0 bridgehead atoms. The normalized spacial score (nSPS) is 11.0. The number of primary amides is 1. The molecule has 0 unspecified atom stereocenters. The van der Waals surface area contributed by atoms with E-state index in [1.807, 2.05) is 19.0 Å². The second-order valence-corrected chi connectivity index (χ2v) is 5.66. The summed E-state index contributed by atoms with van der Waals surface area (Å²) in [6, 6.07) is 1.28. The Morgan fingerprint density at radius 2 is 2.08 bits per heavy atom. The number of ether oxygens (including phenoxy) is 1. The van der Waals surface area contributed by atoms with Crippen LogP contribution < -0.4 is 15.8 Å². The number of nitrogens with two attached hydrogens (primary N) is 1. The summed E-state index contributed by atoms with van der Waals surface area (Å²) < 4.78 is 10.8. The van der Waals surface area contributed by atoms with E-state index in [0.717, 1.165) is 0 Å². The molecule has 1 heterocycles. The first-order chi connectivity index (χ1) is 11.3. The van der Waals surface area contributed by atoms with E-state index in [-0.39, 0.29) is 22.7 Å². The van der Waals surface area contributed by atoms with Crippen molar-refractivity contribution in [2.75, 3.05) is 34.3 Å². The van der Waals surface area contributed by atoms with Crippen molar-refractivity contribution >= 4 is 22.8 Å². The number of carbonyl (C=O) groups is 2. The molecule has 0 saturated carbocycles. The number of furan rings is 1. The third-order valence-electron chi connectivity index (χ3n) is 3.66. The molecule has 130 valence electrons. The predicted molar refractivity (Wildman–Crippen MR) is 88.6 cm³/mol. The lowest BCUT2D eigenvalue weighted by molar-refractivity contribution is 0.0921. The summed E-state index contributed by atoms with van der Waals surface area (Å²) in [4.78, 5) is 25.9. The fraction of sp³-hybridized carbons (Fsp3) is 0.375. The molecule has 1 aromatic carbocycles. The summed E-state index contributed by atoms with van der Waals surface area (Å²) >= 11 is 0. The molecule has 24 heavy (non-hydrogen) atoms. The highest BCUT2D eigenvalue weighted by Crippen LogP contribution is 2.39. The maximum atomic E-state index is 12.3. The number of nitrogens with one attached hydrogen (secondary N) is 1. The van der Waals surface area contributed by atoms with Gasteiger partial charge in [0.15, 0.2) is 11.3 Å². The number of methoxy groups -OCH3 is 1. The number of nitrogens with zero attached hydrogens (tertiary/aromatic N) is 1. The van der Waals surface area contributed by atoms with Gasteiger partial charge in [-0.25, -0.2) is 0 Å². The quantitative estimate of drug-likeness (QED) is 0.720. The molecule has 0 saturated heterocycles. The number of benzene rings is 1. The third kappa shape index (κ3) is 3.13. The second kappa shape index (κ2) is 6.79. The van der Waals surface area contributed by atoms with Crippen molar-refractivity contribution in [2.24, 2.45) is 5.73 Å². The molecule has 8 heteroatoms. The summed E-state index contributed by atoms with van der Waals surface area (Å²) in [5.41, 5.74) is 5.68. The van der Waals surface area contributed by atoms with Gasteiger partial charge in [0.1, 0.15) is 17.1 Å². The van der Waals surface area contributed by atoms with Gasteiger partial charge in [0.05, 0.1) is 12.5 Å². The minimum absolute atomic E-state index is 0.0367. The number of amides is 2. The SMILES string of the molecule is COc1cc(O)c(C(N)=O)c2oc(C(=O)NCCN(C)C)c(C)c12. The van der Waals surface area contributed by atoms with Gasteiger partial charge in [-0.1, -0.05) is 0 Å². The van der Waals surface area contributed by atoms with E-state index in [9.17, 15) is 14.7 Å². The van der Waals surface area contributed by atoms with E-state index in [1.54, 1.807) is 6.92 Å².